The Bertz CT molecular complexity index is 897. The van der Waals surface area contributed by atoms with Gasteiger partial charge in [0.1, 0.15) is 5.82 Å². The second-order valence-electron chi connectivity index (χ2n) is 4.64. The normalized spacial score (nSPS) is 10.6. The van der Waals surface area contributed by atoms with Crippen molar-refractivity contribution in [2.45, 2.75) is 0 Å². The Morgan fingerprint density at radius 2 is 1.82 bits per heavy atom. The molecule has 0 spiro atoms. The summed E-state index contributed by atoms with van der Waals surface area (Å²) < 4.78 is 14.4. The van der Waals surface area contributed by atoms with E-state index in [2.05, 4.69) is 4.98 Å². The zero-order chi connectivity index (χ0) is 15.7. The van der Waals surface area contributed by atoms with E-state index >= 15 is 0 Å². The van der Waals surface area contributed by atoms with Crippen LogP contribution in [0.5, 0.6) is 0 Å². The highest BCUT2D eigenvalue weighted by atomic mass is 19.1. The number of carboxylic acids is 1. The highest BCUT2D eigenvalue weighted by Crippen LogP contribution is 2.23. The number of aromatic amines is 1. The Morgan fingerprint density at radius 3 is 2.45 bits per heavy atom. The van der Waals surface area contributed by atoms with E-state index in [1.54, 1.807) is 30.3 Å². The molecule has 1 aromatic heterocycles. The lowest BCUT2D eigenvalue weighted by atomic mass is 10.1. The van der Waals surface area contributed by atoms with Gasteiger partial charge in [0.05, 0.1) is 11.4 Å². The maximum Gasteiger partial charge on any atom is 0.355 e. The fourth-order valence-electron chi connectivity index (χ4n) is 2.31. The first kappa shape index (κ1) is 13.8. The molecule has 0 radical (unpaired) electrons. The summed E-state index contributed by atoms with van der Waals surface area (Å²) in [7, 11) is 0. The minimum absolute atomic E-state index is 0.0702. The smallest absolute Gasteiger partial charge is 0.355 e. The lowest BCUT2D eigenvalue weighted by molar-refractivity contribution is 0.0689. The molecule has 1 heterocycles. The molecule has 22 heavy (non-hydrogen) atoms. The van der Waals surface area contributed by atoms with Crippen LogP contribution >= 0.6 is 0 Å². The average Bonchev–Trinajstić information content (AvgIpc) is 2.86. The Morgan fingerprint density at radius 1 is 1.09 bits per heavy atom. The zero-order valence-electron chi connectivity index (χ0n) is 11.3. The maximum absolute atomic E-state index is 13.4. The molecule has 0 aliphatic heterocycles. The number of aromatic carboxylic acids is 1. The SMILES string of the molecule is O=C(O)c1c(-c2cccc(F)c2)[nH]c(=O)n1-c1ccccc1. The largest absolute Gasteiger partial charge is 0.476 e. The van der Waals surface area contributed by atoms with Crippen molar-refractivity contribution in [2.75, 3.05) is 0 Å². The van der Waals surface area contributed by atoms with Gasteiger partial charge in [-0.05, 0) is 24.3 Å². The molecule has 6 heteroatoms. The lowest BCUT2D eigenvalue weighted by Gasteiger charge is -2.06. The van der Waals surface area contributed by atoms with Gasteiger partial charge < -0.3 is 10.1 Å². The molecule has 0 atom stereocenters. The van der Waals surface area contributed by atoms with Gasteiger partial charge in [0, 0.05) is 5.56 Å². The van der Waals surface area contributed by atoms with E-state index in [1.807, 2.05) is 0 Å². The number of hydrogen-bond acceptors (Lipinski definition) is 2. The monoisotopic (exact) mass is 298 g/mol. The van der Waals surface area contributed by atoms with Crippen molar-refractivity contribution in [1.82, 2.24) is 9.55 Å². The van der Waals surface area contributed by atoms with Gasteiger partial charge in [-0.1, -0.05) is 30.3 Å². The summed E-state index contributed by atoms with van der Waals surface area (Å²) in [6, 6.07) is 13.8. The van der Waals surface area contributed by atoms with Crippen LogP contribution in [0, 0.1) is 5.82 Å². The van der Waals surface area contributed by atoms with Crippen molar-refractivity contribution < 1.29 is 14.3 Å². The van der Waals surface area contributed by atoms with E-state index in [0.717, 1.165) is 4.57 Å². The Labute approximate surface area is 124 Å². The van der Waals surface area contributed by atoms with Crippen molar-refractivity contribution in [3.8, 4) is 16.9 Å². The van der Waals surface area contributed by atoms with Crippen molar-refractivity contribution in [2.24, 2.45) is 0 Å². The molecule has 0 bridgehead atoms. The second kappa shape index (κ2) is 5.33. The van der Waals surface area contributed by atoms with Crippen molar-refractivity contribution >= 4 is 5.97 Å². The first-order valence-electron chi connectivity index (χ1n) is 6.47. The molecule has 0 saturated carbocycles. The molecule has 2 aromatic carbocycles. The Balaban J connectivity index is 2.30. The molecule has 0 unspecified atom stereocenters. The van der Waals surface area contributed by atoms with Crippen molar-refractivity contribution in [3.63, 3.8) is 0 Å². The highest BCUT2D eigenvalue weighted by Gasteiger charge is 2.22. The minimum Gasteiger partial charge on any atom is -0.476 e. The summed E-state index contributed by atoms with van der Waals surface area (Å²) in [5.74, 6) is -1.79. The maximum atomic E-state index is 13.4. The molecule has 3 rings (SSSR count). The van der Waals surface area contributed by atoms with Crippen LogP contribution in [0.3, 0.4) is 0 Å². The number of H-pyrrole nitrogens is 1. The van der Waals surface area contributed by atoms with E-state index in [9.17, 15) is 19.1 Å². The van der Waals surface area contributed by atoms with Crippen LogP contribution < -0.4 is 5.69 Å². The zero-order valence-corrected chi connectivity index (χ0v) is 11.3. The van der Waals surface area contributed by atoms with Crippen LogP contribution in [-0.4, -0.2) is 20.6 Å². The molecule has 5 nitrogen and oxygen atoms in total. The number of imidazole rings is 1. The van der Waals surface area contributed by atoms with Gasteiger partial charge >= 0.3 is 11.7 Å². The van der Waals surface area contributed by atoms with Gasteiger partial charge in [-0.3, -0.25) is 4.57 Å². The number of aromatic nitrogens is 2. The number of nitrogens with zero attached hydrogens (tertiary/aromatic N) is 1. The predicted molar refractivity (Wildman–Crippen MR) is 78.7 cm³/mol. The summed E-state index contributed by atoms with van der Waals surface area (Å²) in [4.78, 5) is 26.3. The number of halogens is 1. The molecule has 2 N–H and O–H groups in total. The van der Waals surface area contributed by atoms with Gasteiger partial charge in [-0.15, -0.1) is 0 Å². The second-order valence-corrected chi connectivity index (χ2v) is 4.64. The van der Waals surface area contributed by atoms with Gasteiger partial charge in [0.25, 0.3) is 0 Å². The van der Waals surface area contributed by atoms with E-state index in [1.165, 1.54) is 24.3 Å². The average molecular weight is 298 g/mol. The molecule has 0 aliphatic carbocycles. The summed E-state index contributed by atoms with van der Waals surface area (Å²) in [6.45, 7) is 0. The molecule has 0 fully saturated rings. The molecule has 0 amide bonds. The number of benzene rings is 2. The molecule has 110 valence electrons. The highest BCUT2D eigenvalue weighted by molar-refractivity contribution is 5.93. The molecule has 3 aromatic rings. The molecular weight excluding hydrogens is 287 g/mol. The quantitative estimate of drug-likeness (QED) is 0.780. The summed E-state index contributed by atoms with van der Waals surface area (Å²) in [5, 5.41) is 9.48. The van der Waals surface area contributed by atoms with Crippen LogP contribution in [0.15, 0.2) is 59.4 Å². The van der Waals surface area contributed by atoms with E-state index < -0.39 is 17.5 Å². The third-order valence-electron chi connectivity index (χ3n) is 3.23. The number of para-hydroxylation sites is 1. The molecule has 0 saturated heterocycles. The van der Waals surface area contributed by atoms with E-state index in [0.29, 0.717) is 11.3 Å². The topological polar surface area (TPSA) is 75.1 Å². The number of carboxylic acid groups (broad SMARTS) is 1. The summed E-state index contributed by atoms with van der Waals surface area (Å²) in [5.41, 5.74) is -0.0431. The van der Waals surface area contributed by atoms with Gasteiger partial charge in [0.15, 0.2) is 5.69 Å². The minimum atomic E-state index is -1.28. The van der Waals surface area contributed by atoms with Gasteiger partial charge in [0.2, 0.25) is 0 Å². The van der Waals surface area contributed by atoms with E-state index in [-0.39, 0.29) is 11.4 Å². The number of carbonyl (C=O) groups is 1. The fourth-order valence-corrected chi connectivity index (χ4v) is 2.31. The molecular formula is C16H11FN2O3. The van der Waals surface area contributed by atoms with Gasteiger partial charge in [-0.25, -0.2) is 14.0 Å². The van der Waals surface area contributed by atoms with Crippen LogP contribution in [0.25, 0.3) is 16.9 Å². The number of rotatable bonds is 3. The van der Waals surface area contributed by atoms with Crippen molar-refractivity contribution in [1.29, 1.82) is 0 Å². The van der Waals surface area contributed by atoms with Crippen LogP contribution in [0.1, 0.15) is 10.5 Å². The van der Waals surface area contributed by atoms with Crippen LogP contribution in [0.4, 0.5) is 4.39 Å². The predicted octanol–water partition coefficient (Wildman–Crippen LogP) is 2.67. The summed E-state index contributed by atoms with van der Waals surface area (Å²) >= 11 is 0. The molecule has 0 aliphatic rings. The third kappa shape index (κ3) is 2.31. The lowest BCUT2D eigenvalue weighted by Crippen LogP contribution is -2.18. The van der Waals surface area contributed by atoms with E-state index in [4.69, 9.17) is 0 Å². The number of nitrogens with one attached hydrogen (secondary N) is 1. The van der Waals surface area contributed by atoms with Crippen LogP contribution in [0.2, 0.25) is 0 Å². The van der Waals surface area contributed by atoms with Gasteiger partial charge in [-0.2, -0.15) is 0 Å². The first-order chi connectivity index (χ1) is 10.6. The first-order valence-corrected chi connectivity index (χ1v) is 6.47. The third-order valence-corrected chi connectivity index (χ3v) is 3.23. The van der Waals surface area contributed by atoms with Crippen LogP contribution in [-0.2, 0) is 0 Å². The summed E-state index contributed by atoms with van der Waals surface area (Å²) in [6.07, 6.45) is 0. The van der Waals surface area contributed by atoms with Crippen molar-refractivity contribution in [3.05, 3.63) is 76.6 Å². The Kier molecular flexibility index (Phi) is 3.34. The Hall–Kier alpha value is -3.15. The standard InChI is InChI=1S/C16H11FN2O3/c17-11-6-4-5-10(9-11)13-14(15(20)21)19(16(22)18-13)12-7-2-1-3-8-12/h1-9H,(H,18,22)(H,20,21). The number of hydrogen-bond donors (Lipinski definition) is 2. The fraction of sp³-hybridized carbons (Fsp3) is 0.